The number of rotatable bonds is 57. The first-order chi connectivity index (χ1) is 59.3. The Hall–Kier alpha value is -2.48. The van der Waals surface area contributed by atoms with E-state index >= 15 is 0 Å². The molecule has 5 fully saturated rings. The first-order valence-electron chi connectivity index (χ1n) is 34.1. The molecular formula is C42H76O74S16. The van der Waals surface area contributed by atoms with E-state index in [1.165, 1.54) is 0 Å². The molecule has 132 heavy (non-hydrogen) atoms. The molecule has 5 rings (SSSR count). The van der Waals surface area contributed by atoms with Gasteiger partial charge in [0.15, 0.2) is 62.0 Å². The molecule has 0 radical (unpaired) electrons. The first kappa shape index (κ1) is 120. The zero-order valence-electron chi connectivity index (χ0n) is 64.1. The van der Waals surface area contributed by atoms with Crippen molar-refractivity contribution in [2.45, 2.75) is 225 Å². The van der Waals surface area contributed by atoms with Gasteiger partial charge in [-0.2, -0.15) is 135 Å². The van der Waals surface area contributed by atoms with Gasteiger partial charge in [-0.25, -0.2) is 66.9 Å². The van der Waals surface area contributed by atoms with E-state index in [1.807, 2.05) is 6.92 Å². The molecule has 5 heterocycles. The average Bonchev–Trinajstić information content (AvgIpc) is 0.746. The molecule has 0 spiro atoms. The van der Waals surface area contributed by atoms with Crippen molar-refractivity contribution in [3.8, 4) is 0 Å². The Morgan fingerprint density at radius 2 is 0.333 bits per heavy atom. The van der Waals surface area contributed by atoms with E-state index in [1.54, 1.807) is 0 Å². The average molecular weight is 2280 g/mol. The summed E-state index contributed by atoms with van der Waals surface area (Å²) in [4.78, 5) is 0. The SMILES string of the molecule is CCCCCCCCCCCCOC1OC(COS(=O)(=O)O)C(OS(=O)(=O)O)C(OC2OC(COS(=O)(=O)O)C(OS(=O)(=O)O)C(OC3OC(COS(=O)(=O)O)C(OS(=O)(=O)O)C(OC4OC(COS(=O)(=O)O)C(OS(=O)(=O)O)C(OC5OC(COS(=O)(=O)O)C(OS(=O)(=O)O)C(OS(=O)(=O)O)C5OS(=O)(=O)O)C4OS(=O)(=O)O)C3OS(=O)(=O)O)C2OS(=O)(=O)O)C1OS(=O)(=O)O. The molecule has 0 aromatic heterocycles. The molecule has 5 aliphatic heterocycles. The molecule has 5 aliphatic rings. The van der Waals surface area contributed by atoms with E-state index in [9.17, 15) is 208 Å². The lowest BCUT2D eigenvalue weighted by Crippen LogP contribution is -2.70. The maximum atomic E-state index is 13.4. The number of hydrogen-bond acceptors (Lipinski definition) is 58. The fourth-order valence-corrected chi connectivity index (χ4v) is 19.2. The van der Waals surface area contributed by atoms with Gasteiger partial charge in [0.2, 0.25) is 0 Å². The summed E-state index contributed by atoms with van der Waals surface area (Å²) in [7, 11) is -106. The second-order valence-electron chi connectivity index (χ2n) is 26.1. The smallest absolute Gasteiger partial charge is 0.350 e. The maximum Gasteiger partial charge on any atom is 0.397 e. The largest absolute Gasteiger partial charge is 0.397 e. The lowest BCUT2D eigenvalue weighted by Gasteiger charge is -2.51. The van der Waals surface area contributed by atoms with E-state index in [-0.39, 0.29) is 12.8 Å². The molecule has 74 nitrogen and oxygen atoms in total. The predicted octanol–water partition coefficient (Wildman–Crippen LogP) is -9.75. The van der Waals surface area contributed by atoms with Gasteiger partial charge in [-0.1, -0.05) is 64.7 Å². The van der Waals surface area contributed by atoms with Crippen LogP contribution in [0.1, 0.15) is 71.1 Å². The molecule has 784 valence electrons. The summed E-state index contributed by atoms with van der Waals surface area (Å²) in [5.41, 5.74) is 0. The Bertz CT molecular complexity index is 5820. The van der Waals surface area contributed by atoms with Gasteiger partial charge >= 0.3 is 166 Å². The second-order valence-corrected chi connectivity index (χ2v) is 43.1. The van der Waals surface area contributed by atoms with E-state index in [0.717, 1.165) is 32.1 Å². The van der Waals surface area contributed by atoms with Crippen LogP contribution in [0.5, 0.6) is 0 Å². The van der Waals surface area contributed by atoms with E-state index in [2.05, 4.69) is 66.9 Å². The molecule has 0 aromatic rings. The van der Waals surface area contributed by atoms with Crippen molar-refractivity contribution >= 4 is 166 Å². The van der Waals surface area contributed by atoms with Crippen LogP contribution >= 0.6 is 0 Å². The highest BCUT2D eigenvalue weighted by molar-refractivity contribution is 7.84. The highest BCUT2D eigenvalue weighted by Crippen LogP contribution is 2.44. The summed E-state index contributed by atoms with van der Waals surface area (Å²) >= 11 is 0. The minimum absolute atomic E-state index is 0.115. The molecule has 0 amide bonds. The van der Waals surface area contributed by atoms with Gasteiger partial charge in [0.25, 0.3) is 0 Å². The van der Waals surface area contributed by atoms with Crippen molar-refractivity contribution in [1.29, 1.82) is 0 Å². The van der Waals surface area contributed by atoms with Gasteiger partial charge in [-0.05, 0) is 6.42 Å². The van der Waals surface area contributed by atoms with E-state index < -0.39 is 360 Å². The molecule has 90 heteroatoms. The molecule has 0 saturated carbocycles. The Kier molecular flexibility index (Phi) is 42.9. The third-order valence-corrected chi connectivity index (χ3v) is 23.7. The normalized spacial score (nSPS) is 31.4. The van der Waals surface area contributed by atoms with Gasteiger partial charge in [0, 0.05) is 6.61 Å². The molecule has 25 unspecified atom stereocenters. The third kappa shape index (κ3) is 45.6. The van der Waals surface area contributed by atoms with Crippen LogP contribution in [0.2, 0.25) is 0 Å². The van der Waals surface area contributed by atoms with Gasteiger partial charge in [-0.15, -0.1) is 0 Å². The monoisotopic (exact) mass is 2280 g/mol. The van der Waals surface area contributed by atoms with Crippen molar-refractivity contribution in [1.82, 2.24) is 0 Å². The topological polar surface area (TPSA) is 1110 Å². The van der Waals surface area contributed by atoms with Gasteiger partial charge in [-0.3, -0.25) is 72.8 Å². The van der Waals surface area contributed by atoms with Gasteiger partial charge < -0.3 is 47.4 Å². The van der Waals surface area contributed by atoms with Crippen LogP contribution in [-0.2, 0) is 281 Å². The molecule has 0 bridgehead atoms. The Labute approximate surface area is 747 Å². The lowest BCUT2D eigenvalue weighted by atomic mass is 9.95. The minimum atomic E-state index is -7.13. The fraction of sp³-hybridized carbons (Fsp3) is 1.00. The summed E-state index contributed by atoms with van der Waals surface area (Å²) in [6.45, 7) is -10.9. The summed E-state index contributed by atoms with van der Waals surface area (Å²) < 4.78 is 692. The predicted molar refractivity (Wildman–Crippen MR) is 389 cm³/mol. The zero-order valence-corrected chi connectivity index (χ0v) is 77.2. The summed E-state index contributed by atoms with van der Waals surface area (Å²) in [6, 6.07) is 0. The molecule has 5 saturated heterocycles. The summed E-state index contributed by atoms with van der Waals surface area (Å²) in [5, 5.41) is 0. The zero-order chi connectivity index (χ0) is 101. The number of ether oxygens (including phenoxy) is 10. The van der Waals surface area contributed by atoms with Gasteiger partial charge in [0.1, 0.15) is 91.6 Å². The van der Waals surface area contributed by atoms with Gasteiger partial charge in [0.05, 0.1) is 33.0 Å². The van der Waals surface area contributed by atoms with E-state index in [0.29, 0.717) is 19.3 Å². The third-order valence-electron chi connectivity index (χ3n) is 16.4. The molecule has 25 atom stereocenters. The molecular weight excluding hydrogens is 2200 g/mol. The number of unbranched alkanes of at least 4 members (excludes halogenated alkanes) is 9. The van der Waals surface area contributed by atoms with Crippen LogP contribution in [0.4, 0.5) is 0 Å². The standard InChI is InChI=1S/C42H76O74S16/c1-2-3-4-5-6-7-8-9-10-11-12-91-38-33(112-128(76,77)78)28(23(106-122(58,59)60)18(97-38)13-92-117(43,44)45)102-39-34(113-129(79,80)81)29(24(107-123(61,62)63)19(98-39)14-93-118(46,47)48)103-40-35(114-130(82,83)84)30(25(108-124(64,65)66)20(99-40)15-94-119(49,50)51)104-41-36(115-131(85,86)87)31(26(109-125(67,68)69)21(100-41)16-95-120(52,53)54)105-42-37(116-132(88,89)90)32(111-127(73,74)75)27(110-126(70,71)72)22(101-42)17-96-121(55,56)57/h18-42H,2-17H2,1H3,(H,43,44,45)(H,46,47,48)(H,49,50,51)(H,52,53,54)(H,55,56,57)(H,58,59,60)(H,61,62,63)(H,64,65,66)(H,67,68,69)(H,70,71,72)(H,73,74,75)(H,76,77,78)(H,79,80,81)(H,82,83,84)(H,85,86,87)(H,88,89,90). The van der Waals surface area contributed by atoms with Crippen molar-refractivity contribution in [3.05, 3.63) is 0 Å². The van der Waals surface area contributed by atoms with Crippen LogP contribution < -0.4 is 0 Å². The van der Waals surface area contributed by atoms with Crippen LogP contribution in [0.25, 0.3) is 0 Å². The highest BCUT2D eigenvalue weighted by atomic mass is 32.3. The molecule has 0 aliphatic carbocycles. The fourth-order valence-electron chi connectivity index (χ4n) is 12.2. The Morgan fingerprint density at radius 1 is 0.182 bits per heavy atom. The van der Waals surface area contributed by atoms with Crippen molar-refractivity contribution in [2.75, 3.05) is 39.6 Å². The Balaban J connectivity index is 2.02. The second kappa shape index (κ2) is 47.2. The Morgan fingerprint density at radius 3 is 0.523 bits per heavy atom. The summed E-state index contributed by atoms with van der Waals surface area (Å²) in [6.07, 6.45) is -89.9. The minimum Gasteiger partial charge on any atom is -0.350 e. The van der Waals surface area contributed by atoms with Crippen LogP contribution in [0.15, 0.2) is 0 Å². The highest BCUT2D eigenvalue weighted by Gasteiger charge is 2.65. The molecule has 0 aromatic carbocycles. The first-order valence-corrected chi connectivity index (χ1v) is 56.0. The molecule has 16 N–H and O–H groups in total. The van der Waals surface area contributed by atoms with Crippen LogP contribution in [-0.4, -0.2) is 401 Å². The quantitative estimate of drug-likeness (QED) is 0.0199. The van der Waals surface area contributed by atoms with Crippen LogP contribution in [0, 0.1) is 0 Å². The van der Waals surface area contributed by atoms with Crippen molar-refractivity contribution < 1.29 is 322 Å². The van der Waals surface area contributed by atoms with Crippen LogP contribution in [0.3, 0.4) is 0 Å². The van der Waals surface area contributed by atoms with Crippen molar-refractivity contribution in [2.24, 2.45) is 0 Å². The lowest BCUT2D eigenvalue weighted by molar-refractivity contribution is -0.385. The maximum absolute atomic E-state index is 13.4. The summed E-state index contributed by atoms with van der Waals surface area (Å²) in [5.74, 6) is 0. The number of hydrogen-bond donors (Lipinski definition) is 16. The van der Waals surface area contributed by atoms with E-state index in [4.69, 9.17) is 47.4 Å². The van der Waals surface area contributed by atoms with Crippen molar-refractivity contribution in [3.63, 3.8) is 0 Å².